The van der Waals surface area contributed by atoms with Gasteiger partial charge in [-0.2, -0.15) is 5.26 Å². The van der Waals surface area contributed by atoms with E-state index in [-0.39, 0.29) is 18.6 Å². The number of thioether (sulfide) groups is 1. The molecule has 6 N–H and O–H groups in total. The summed E-state index contributed by atoms with van der Waals surface area (Å²) in [5.41, 5.74) is 4.91. The standard InChI is InChI=1S/C20H23N5O6S/c21-7-16(12-8-23-14-4-2-1-3-11(12)14)32-10-15(19(29)24-9-18(27)28)25-17(26)6-5-13(22)20(30)31/h1-4,8,13,15-16,23H,5-6,9-10,22H2,(H,24,29)(H,25,26)(H,27,28)(H,30,31)/p-1/t13-,15-,16?/m0/s1. The van der Waals surface area contributed by atoms with Crippen molar-refractivity contribution in [2.45, 2.75) is 30.2 Å². The van der Waals surface area contributed by atoms with Crippen LogP contribution in [0.15, 0.2) is 30.5 Å². The molecule has 0 aliphatic carbocycles. The summed E-state index contributed by atoms with van der Waals surface area (Å²) < 4.78 is 0. The third kappa shape index (κ3) is 7.00. The van der Waals surface area contributed by atoms with Crippen LogP contribution in [0, 0.1) is 11.3 Å². The Morgan fingerprint density at radius 3 is 2.59 bits per heavy atom. The van der Waals surface area contributed by atoms with Crippen LogP contribution in [0.2, 0.25) is 0 Å². The molecular formula is C20H22N5O6S-. The molecule has 0 fully saturated rings. The molecule has 1 unspecified atom stereocenters. The first-order valence-electron chi connectivity index (χ1n) is 9.61. The van der Waals surface area contributed by atoms with Crippen LogP contribution in [-0.4, -0.2) is 53.1 Å². The maximum absolute atomic E-state index is 12.4. The predicted octanol–water partition coefficient (Wildman–Crippen LogP) is -3.04. The average molecular weight is 460 g/mol. The number of para-hydroxylation sites is 1. The van der Waals surface area contributed by atoms with Crippen molar-refractivity contribution in [3.05, 3.63) is 36.0 Å². The van der Waals surface area contributed by atoms with E-state index in [0.717, 1.165) is 22.7 Å². The second-order valence-corrected chi connectivity index (χ2v) is 8.03. The second kappa shape index (κ2) is 11.7. The Kier molecular flexibility index (Phi) is 9.06. The Morgan fingerprint density at radius 1 is 1.22 bits per heavy atom. The maximum Gasteiger partial charge on any atom is 0.243 e. The molecule has 12 heteroatoms. The molecule has 2 amide bonds. The summed E-state index contributed by atoms with van der Waals surface area (Å²) >= 11 is 1.10. The first-order valence-corrected chi connectivity index (χ1v) is 10.7. The Bertz CT molecular complexity index is 1030. The number of carboxylic acid groups (broad SMARTS) is 2. The quantitative estimate of drug-likeness (QED) is 0.255. The number of nitrogens with one attached hydrogen (secondary N) is 3. The minimum absolute atomic E-state index is 0.0311. The molecule has 0 bridgehead atoms. The second-order valence-electron chi connectivity index (χ2n) is 6.90. The molecule has 1 aromatic heterocycles. The van der Waals surface area contributed by atoms with Crippen LogP contribution >= 0.6 is 11.8 Å². The monoisotopic (exact) mass is 460 g/mol. The first kappa shape index (κ1) is 24.7. The van der Waals surface area contributed by atoms with E-state index in [1.54, 1.807) is 6.20 Å². The van der Waals surface area contributed by atoms with Gasteiger partial charge >= 0.3 is 0 Å². The lowest BCUT2D eigenvalue weighted by molar-refractivity contribution is -0.438. The normalized spacial score (nSPS) is 13.5. The molecule has 0 aliphatic rings. The van der Waals surface area contributed by atoms with Gasteiger partial charge < -0.3 is 41.2 Å². The molecule has 1 aromatic carbocycles. The molecule has 0 saturated carbocycles. The maximum atomic E-state index is 12.4. The number of nitrogens with zero attached hydrogens (tertiary/aromatic N) is 1. The van der Waals surface area contributed by atoms with Gasteiger partial charge in [0.15, 0.2) is 0 Å². The van der Waals surface area contributed by atoms with Gasteiger partial charge in [0.1, 0.15) is 17.3 Å². The minimum Gasteiger partial charge on any atom is -0.548 e. The number of amides is 2. The predicted molar refractivity (Wildman–Crippen MR) is 110 cm³/mol. The van der Waals surface area contributed by atoms with E-state index in [9.17, 15) is 34.7 Å². The number of hydrogen-bond acceptors (Lipinski definition) is 8. The number of aliphatic carboxylic acids is 2. The van der Waals surface area contributed by atoms with Gasteiger partial charge in [0.25, 0.3) is 0 Å². The number of aromatic amines is 1. The van der Waals surface area contributed by atoms with Crippen molar-refractivity contribution >= 4 is 46.4 Å². The molecule has 0 aliphatic heterocycles. The molecule has 0 spiro atoms. The van der Waals surface area contributed by atoms with E-state index in [2.05, 4.69) is 27.4 Å². The van der Waals surface area contributed by atoms with Gasteiger partial charge in [-0.25, -0.2) is 0 Å². The highest BCUT2D eigenvalue weighted by Gasteiger charge is 2.25. The summed E-state index contributed by atoms with van der Waals surface area (Å²) in [6.45, 7) is -0.744. The number of fused-ring (bicyclic) bond motifs is 1. The molecular weight excluding hydrogens is 438 g/mol. The number of aromatic nitrogens is 1. The van der Waals surface area contributed by atoms with Crippen LogP contribution in [0.4, 0.5) is 0 Å². The van der Waals surface area contributed by atoms with Crippen LogP contribution in [0.1, 0.15) is 23.7 Å². The molecule has 2 aromatic rings. The Hall–Kier alpha value is -3.56. The highest BCUT2D eigenvalue weighted by molar-refractivity contribution is 7.99. The molecule has 11 nitrogen and oxygen atoms in total. The number of carboxylic acids is 2. The summed E-state index contributed by atoms with van der Waals surface area (Å²) in [5.74, 6) is -4.31. The largest absolute Gasteiger partial charge is 0.548 e. The number of hydrogen-bond donors (Lipinski definition) is 4. The zero-order chi connectivity index (χ0) is 23.7. The number of benzene rings is 1. The van der Waals surface area contributed by atoms with Crippen LogP contribution < -0.4 is 26.6 Å². The van der Waals surface area contributed by atoms with E-state index in [1.165, 1.54) is 0 Å². The zero-order valence-corrected chi connectivity index (χ0v) is 17.8. The fourth-order valence-corrected chi connectivity index (χ4v) is 3.92. The lowest BCUT2D eigenvalue weighted by atomic mass is 10.1. The number of rotatable bonds is 12. The summed E-state index contributed by atoms with van der Waals surface area (Å²) in [6.07, 6.45) is 1.38. The van der Waals surface area contributed by atoms with Crippen LogP contribution in [0.3, 0.4) is 0 Å². The Morgan fingerprint density at radius 2 is 1.94 bits per heavy atom. The van der Waals surface area contributed by atoms with E-state index in [1.807, 2.05) is 24.3 Å². The van der Waals surface area contributed by atoms with Crippen LogP contribution in [0.25, 0.3) is 10.9 Å². The van der Waals surface area contributed by atoms with Crippen LogP contribution in [0.5, 0.6) is 0 Å². The summed E-state index contributed by atoms with van der Waals surface area (Å²) in [5, 5.41) is 35.8. The molecule has 1 heterocycles. The van der Waals surface area contributed by atoms with Crippen molar-refractivity contribution in [1.82, 2.24) is 15.6 Å². The molecule has 32 heavy (non-hydrogen) atoms. The fraction of sp³-hybridized carbons (Fsp3) is 0.350. The third-order valence-corrected chi connectivity index (χ3v) is 5.78. The minimum atomic E-state index is -1.50. The Balaban J connectivity index is 2.08. The summed E-state index contributed by atoms with van der Waals surface area (Å²) in [7, 11) is 0. The van der Waals surface area contributed by atoms with Crippen LogP contribution in [-0.2, 0) is 19.2 Å². The van der Waals surface area contributed by atoms with Crippen molar-refractivity contribution in [2.75, 3.05) is 12.3 Å². The lowest BCUT2D eigenvalue weighted by Gasteiger charge is -2.20. The van der Waals surface area contributed by atoms with Crippen molar-refractivity contribution < 1.29 is 35.1 Å². The van der Waals surface area contributed by atoms with E-state index in [0.29, 0.717) is 5.56 Å². The lowest BCUT2D eigenvalue weighted by Crippen LogP contribution is -2.68. The number of carbonyl (C=O) groups excluding carboxylic acids is 4. The molecule has 0 saturated heterocycles. The van der Waals surface area contributed by atoms with Crippen molar-refractivity contribution in [1.29, 1.82) is 5.26 Å². The molecule has 2 rings (SSSR count). The SMILES string of the molecule is N#CC(SC[C@H](NC(=O)CC[C@H]([NH3+])C(=O)[O-])C(=O)NCC(=O)[O-])c1c[nH]c2ccccc12. The van der Waals surface area contributed by atoms with Gasteiger partial charge in [-0.1, -0.05) is 18.2 Å². The van der Waals surface area contributed by atoms with E-state index < -0.39 is 47.6 Å². The van der Waals surface area contributed by atoms with Crippen molar-refractivity contribution in [3.8, 4) is 6.07 Å². The average Bonchev–Trinajstić information content (AvgIpc) is 3.19. The number of quaternary nitrogens is 1. The summed E-state index contributed by atoms with van der Waals surface area (Å²) in [6, 6.07) is 7.30. The summed E-state index contributed by atoms with van der Waals surface area (Å²) in [4.78, 5) is 49.1. The number of carbonyl (C=O) groups is 4. The molecule has 170 valence electrons. The fourth-order valence-electron chi connectivity index (χ4n) is 2.85. The van der Waals surface area contributed by atoms with Crippen molar-refractivity contribution in [2.24, 2.45) is 0 Å². The van der Waals surface area contributed by atoms with Gasteiger partial charge in [-0.3, -0.25) is 9.59 Å². The smallest absolute Gasteiger partial charge is 0.243 e. The van der Waals surface area contributed by atoms with Gasteiger partial charge in [-0.05, 0) is 6.07 Å². The van der Waals surface area contributed by atoms with E-state index >= 15 is 0 Å². The van der Waals surface area contributed by atoms with Gasteiger partial charge in [0.2, 0.25) is 11.8 Å². The number of H-pyrrole nitrogens is 1. The topological polar surface area (TPSA) is 206 Å². The van der Waals surface area contributed by atoms with Gasteiger partial charge in [0.05, 0.1) is 24.6 Å². The van der Waals surface area contributed by atoms with Gasteiger partial charge in [0, 0.05) is 41.3 Å². The molecule has 3 atom stereocenters. The number of nitriles is 1. The first-order chi connectivity index (χ1) is 15.2. The third-order valence-electron chi connectivity index (χ3n) is 4.56. The zero-order valence-electron chi connectivity index (χ0n) is 17.0. The highest BCUT2D eigenvalue weighted by Crippen LogP contribution is 2.33. The Labute approximate surface area is 187 Å². The van der Waals surface area contributed by atoms with Crippen molar-refractivity contribution in [3.63, 3.8) is 0 Å². The molecule has 0 radical (unpaired) electrons. The highest BCUT2D eigenvalue weighted by atomic mass is 32.2. The van der Waals surface area contributed by atoms with Gasteiger partial charge in [-0.15, -0.1) is 11.8 Å². The van der Waals surface area contributed by atoms with E-state index in [4.69, 9.17) is 0 Å².